The highest BCUT2D eigenvalue weighted by Gasteiger charge is 2.33. The van der Waals surface area contributed by atoms with Crippen LogP contribution in [0.15, 0.2) is 24.5 Å². The van der Waals surface area contributed by atoms with Gasteiger partial charge in [-0.2, -0.15) is 0 Å². The topological polar surface area (TPSA) is 78.0 Å². The molecule has 2 aromatic rings. The van der Waals surface area contributed by atoms with Crippen LogP contribution in [0.1, 0.15) is 11.5 Å². The van der Waals surface area contributed by atoms with Crippen molar-refractivity contribution < 1.29 is 9.90 Å². The van der Waals surface area contributed by atoms with Crippen LogP contribution in [-0.2, 0) is 4.79 Å². The van der Waals surface area contributed by atoms with E-state index in [0.29, 0.717) is 6.54 Å². The van der Waals surface area contributed by atoms with Crippen molar-refractivity contribution in [2.45, 2.75) is 5.92 Å². The molecule has 5 heteroatoms. The normalized spacial score (nSPS) is 24.2. The second-order valence-electron chi connectivity index (χ2n) is 4.39. The summed E-state index contributed by atoms with van der Waals surface area (Å²) in [6, 6.07) is 5.89. The van der Waals surface area contributed by atoms with E-state index in [1.54, 1.807) is 6.33 Å². The van der Waals surface area contributed by atoms with Crippen molar-refractivity contribution in [3.8, 4) is 0 Å². The molecule has 1 aliphatic heterocycles. The lowest BCUT2D eigenvalue weighted by Gasteiger charge is -2.14. The van der Waals surface area contributed by atoms with Crippen molar-refractivity contribution in [3.05, 3.63) is 30.1 Å². The Morgan fingerprint density at radius 1 is 1.41 bits per heavy atom. The Kier molecular flexibility index (Phi) is 2.33. The first-order chi connectivity index (χ1) is 8.25. The summed E-state index contributed by atoms with van der Waals surface area (Å²) in [7, 11) is 0. The number of fused-ring (bicyclic) bond motifs is 1. The van der Waals surface area contributed by atoms with Gasteiger partial charge in [0, 0.05) is 19.0 Å². The number of rotatable bonds is 2. The third kappa shape index (κ3) is 1.68. The maximum atomic E-state index is 11.1. The number of nitrogens with one attached hydrogen (secondary N) is 2. The number of aromatic amines is 1. The van der Waals surface area contributed by atoms with E-state index in [1.807, 2.05) is 18.2 Å². The van der Waals surface area contributed by atoms with Gasteiger partial charge in [-0.25, -0.2) is 4.98 Å². The largest absolute Gasteiger partial charge is 0.481 e. The fourth-order valence-electron chi connectivity index (χ4n) is 2.47. The Hall–Kier alpha value is -1.88. The van der Waals surface area contributed by atoms with Gasteiger partial charge in [0.05, 0.1) is 23.3 Å². The molecule has 2 heterocycles. The van der Waals surface area contributed by atoms with Gasteiger partial charge in [0.1, 0.15) is 0 Å². The molecule has 2 atom stereocenters. The van der Waals surface area contributed by atoms with E-state index in [4.69, 9.17) is 5.11 Å². The number of H-pyrrole nitrogens is 1. The van der Waals surface area contributed by atoms with Gasteiger partial charge in [0.15, 0.2) is 0 Å². The van der Waals surface area contributed by atoms with Crippen LogP contribution in [0.2, 0.25) is 0 Å². The van der Waals surface area contributed by atoms with Crippen LogP contribution in [-0.4, -0.2) is 34.1 Å². The number of aromatic nitrogens is 2. The monoisotopic (exact) mass is 231 g/mol. The molecule has 2 unspecified atom stereocenters. The molecular weight excluding hydrogens is 218 g/mol. The highest BCUT2D eigenvalue weighted by atomic mass is 16.4. The smallest absolute Gasteiger partial charge is 0.308 e. The van der Waals surface area contributed by atoms with Gasteiger partial charge in [-0.3, -0.25) is 4.79 Å². The zero-order chi connectivity index (χ0) is 11.8. The molecule has 0 bridgehead atoms. The SMILES string of the molecule is O=C(O)C1CNCC1c1ccc2nc[nH]c2c1. The number of carboxylic acid groups (broad SMARTS) is 1. The fraction of sp³-hybridized carbons (Fsp3) is 0.333. The molecular formula is C12H13N3O2. The van der Waals surface area contributed by atoms with E-state index in [1.165, 1.54) is 0 Å². The fourth-order valence-corrected chi connectivity index (χ4v) is 2.47. The number of aliphatic carboxylic acids is 1. The summed E-state index contributed by atoms with van der Waals surface area (Å²) in [6.45, 7) is 1.26. The molecule has 0 radical (unpaired) electrons. The predicted molar refractivity (Wildman–Crippen MR) is 62.8 cm³/mol. The standard InChI is InChI=1S/C12H13N3O2/c16-12(17)9-5-13-4-8(9)7-1-2-10-11(3-7)15-6-14-10/h1-3,6,8-9,13H,4-5H2,(H,14,15)(H,16,17). The second kappa shape index (κ2) is 3.85. The van der Waals surface area contributed by atoms with Crippen LogP contribution in [0.3, 0.4) is 0 Å². The van der Waals surface area contributed by atoms with E-state index >= 15 is 0 Å². The molecule has 3 rings (SSSR count). The zero-order valence-corrected chi connectivity index (χ0v) is 9.18. The summed E-state index contributed by atoms with van der Waals surface area (Å²) in [5.74, 6) is -1.03. The van der Waals surface area contributed by atoms with Crippen molar-refractivity contribution in [3.63, 3.8) is 0 Å². The second-order valence-corrected chi connectivity index (χ2v) is 4.39. The summed E-state index contributed by atoms with van der Waals surface area (Å²) in [5.41, 5.74) is 2.92. The van der Waals surface area contributed by atoms with Crippen molar-refractivity contribution in [2.24, 2.45) is 5.92 Å². The first kappa shape index (κ1) is 10.3. The Morgan fingerprint density at radius 2 is 2.29 bits per heavy atom. The van der Waals surface area contributed by atoms with Crippen LogP contribution in [0.25, 0.3) is 11.0 Å². The average molecular weight is 231 g/mol. The van der Waals surface area contributed by atoms with E-state index in [-0.39, 0.29) is 11.8 Å². The number of benzene rings is 1. The molecule has 3 N–H and O–H groups in total. The molecule has 88 valence electrons. The summed E-state index contributed by atoms with van der Waals surface area (Å²) in [6.07, 6.45) is 1.65. The van der Waals surface area contributed by atoms with Crippen LogP contribution < -0.4 is 5.32 Å². The minimum atomic E-state index is -0.732. The van der Waals surface area contributed by atoms with Crippen LogP contribution >= 0.6 is 0 Å². The molecule has 0 amide bonds. The lowest BCUT2D eigenvalue weighted by atomic mass is 9.89. The van der Waals surface area contributed by atoms with Crippen LogP contribution in [0.4, 0.5) is 0 Å². The first-order valence-electron chi connectivity index (χ1n) is 5.62. The van der Waals surface area contributed by atoms with E-state index in [2.05, 4.69) is 15.3 Å². The molecule has 1 saturated heterocycles. The molecule has 1 aromatic carbocycles. The van der Waals surface area contributed by atoms with Gasteiger partial charge < -0.3 is 15.4 Å². The maximum Gasteiger partial charge on any atom is 0.308 e. The van der Waals surface area contributed by atoms with Gasteiger partial charge in [0.25, 0.3) is 0 Å². The number of carbonyl (C=O) groups is 1. The molecule has 0 saturated carbocycles. The van der Waals surface area contributed by atoms with Gasteiger partial charge in [-0.15, -0.1) is 0 Å². The van der Waals surface area contributed by atoms with Crippen molar-refractivity contribution in [1.82, 2.24) is 15.3 Å². The quantitative estimate of drug-likeness (QED) is 0.719. The van der Waals surface area contributed by atoms with Gasteiger partial charge in [-0.1, -0.05) is 6.07 Å². The lowest BCUT2D eigenvalue weighted by molar-refractivity contribution is -0.141. The number of imidazole rings is 1. The van der Waals surface area contributed by atoms with E-state index < -0.39 is 5.97 Å². The Bertz CT molecular complexity index is 564. The van der Waals surface area contributed by atoms with E-state index in [9.17, 15) is 4.79 Å². The molecule has 1 fully saturated rings. The Balaban J connectivity index is 1.99. The number of hydrogen-bond acceptors (Lipinski definition) is 3. The Labute approximate surface area is 97.9 Å². The number of nitrogens with zero attached hydrogens (tertiary/aromatic N) is 1. The summed E-state index contributed by atoms with van der Waals surface area (Å²) in [5, 5.41) is 12.3. The summed E-state index contributed by atoms with van der Waals surface area (Å²) < 4.78 is 0. The number of carboxylic acids is 1. The molecule has 0 spiro atoms. The lowest BCUT2D eigenvalue weighted by Crippen LogP contribution is -2.20. The van der Waals surface area contributed by atoms with Crippen molar-refractivity contribution in [2.75, 3.05) is 13.1 Å². The van der Waals surface area contributed by atoms with Crippen molar-refractivity contribution >= 4 is 17.0 Å². The van der Waals surface area contributed by atoms with Gasteiger partial charge in [0.2, 0.25) is 0 Å². The highest BCUT2D eigenvalue weighted by Crippen LogP contribution is 2.29. The van der Waals surface area contributed by atoms with Crippen LogP contribution in [0, 0.1) is 5.92 Å². The third-order valence-corrected chi connectivity index (χ3v) is 3.40. The van der Waals surface area contributed by atoms with Crippen LogP contribution in [0.5, 0.6) is 0 Å². The minimum Gasteiger partial charge on any atom is -0.481 e. The molecule has 0 aliphatic carbocycles. The first-order valence-corrected chi connectivity index (χ1v) is 5.62. The third-order valence-electron chi connectivity index (χ3n) is 3.40. The minimum absolute atomic E-state index is 0.0419. The average Bonchev–Trinajstić information content (AvgIpc) is 2.96. The Morgan fingerprint density at radius 3 is 3.12 bits per heavy atom. The highest BCUT2D eigenvalue weighted by molar-refractivity contribution is 5.76. The maximum absolute atomic E-state index is 11.1. The molecule has 1 aliphatic rings. The summed E-state index contributed by atoms with van der Waals surface area (Å²) in [4.78, 5) is 18.3. The van der Waals surface area contributed by atoms with Gasteiger partial charge in [-0.05, 0) is 17.7 Å². The van der Waals surface area contributed by atoms with Crippen molar-refractivity contribution in [1.29, 1.82) is 0 Å². The zero-order valence-electron chi connectivity index (χ0n) is 9.18. The van der Waals surface area contributed by atoms with E-state index in [0.717, 1.165) is 23.1 Å². The summed E-state index contributed by atoms with van der Waals surface area (Å²) >= 11 is 0. The molecule has 17 heavy (non-hydrogen) atoms. The molecule has 5 nitrogen and oxygen atoms in total. The number of hydrogen-bond donors (Lipinski definition) is 3. The predicted octanol–water partition coefficient (Wildman–Crippen LogP) is 0.950. The van der Waals surface area contributed by atoms with Gasteiger partial charge >= 0.3 is 5.97 Å². The molecule has 1 aromatic heterocycles.